The standard InChI is InChI=1S/C17H19N5OS/c1-3-22-12-18-20-15(22)10-21(2)16(23)9-14-11-24-17(19-14)13-7-5-4-6-8-13/h4-8,11-12H,3,9-10H2,1-2H3. The summed E-state index contributed by atoms with van der Waals surface area (Å²) in [5, 5.41) is 10.8. The third-order valence-corrected chi connectivity index (χ3v) is 4.69. The number of aromatic nitrogens is 4. The minimum Gasteiger partial charge on any atom is -0.338 e. The smallest absolute Gasteiger partial charge is 0.228 e. The van der Waals surface area contributed by atoms with Gasteiger partial charge in [0.2, 0.25) is 5.91 Å². The van der Waals surface area contributed by atoms with E-state index >= 15 is 0 Å². The van der Waals surface area contributed by atoms with Crippen LogP contribution >= 0.6 is 11.3 Å². The van der Waals surface area contributed by atoms with E-state index in [2.05, 4.69) is 15.2 Å². The van der Waals surface area contributed by atoms with Gasteiger partial charge in [-0.2, -0.15) is 0 Å². The van der Waals surface area contributed by atoms with Crippen molar-refractivity contribution in [1.82, 2.24) is 24.6 Å². The molecule has 6 nitrogen and oxygen atoms in total. The number of likely N-dealkylation sites (N-methyl/N-ethyl adjacent to an activating group) is 1. The van der Waals surface area contributed by atoms with Gasteiger partial charge in [0.25, 0.3) is 0 Å². The number of carbonyl (C=O) groups excluding carboxylic acids is 1. The van der Waals surface area contributed by atoms with Gasteiger partial charge in [-0.05, 0) is 6.92 Å². The summed E-state index contributed by atoms with van der Waals surface area (Å²) in [5.74, 6) is 0.808. The molecule has 0 aliphatic heterocycles. The number of carbonyl (C=O) groups is 1. The molecule has 2 aromatic heterocycles. The zero-order valence-corrected chi connectivity index (χ0v) is 14.5. The van der Waals surface area contributed by atoms with Crippen molar-refractivity contribution in [3.05, 3.63) is 53.6 Å². The number of thiazole rings is 1. The van der Waals surface area contributed by atoms with Gasteiger partial charge < -0.3 is 9.47 Å². The van der Waals surface area contributed by atoms with Crippen LogP contribution in [0.25, 0.3) is 10.6 Å². The molecule has 0 bridgehead atoms. The number of benzene rings is 1. The minimum absolute atomic E-state index is 0.0190. The maximum atomic E-state index is 12.4. The molecule has 124 valence electrons. The highest BCUT2D eigenvalue weighted by Crippen LogP contribution is 2.23. The molecule has 24 heavy (non-hydrogen) atoms. The molecule has 7 heteroatoms. The van der Waals surface area contributed by atoms with Crippen molar-refractivity contribution in [2.45, 2.75) is 26.4 Å². The summed E-state index contributed by atoms with van der Waals surface area (Å²) in [6.07, 6.45) is 1.97. The Morgan fingerprint density at radius 2 is 2.08 bits per heavy atom. The highest BCUT2D eigenvalue weighted by atomic mass is 32.1. The summed E-state index contributed by atoms with van der Waals surface area (Å²) in [7, 11) is 1.78. The van der Waals surface area contributed by atoms with Crippen molar-refractivity contribution < 1.29 is 4.79 Å². The summed E-state index contributed by atoms with van der Waals surface area (Å²) in [5.41, 5.74) is 1.87. The maximum absolute atomic E-state index is 12.4. The lowest BCUT2D eigenvalue weighted by Crippen LogP contribution is -2.29. The summed E-state index contributed by atoms with van der Waals surface area (Å²) >= 11 is 1.56. The first-order valence-corrected chi connectivity index (χ1v) is 8.65. The van der Waals surface area contributed by atoms with Crippen molar-refractivity contribution in [3.8, 4) is 10.6 Å². The largest absolute Gasteiger partial charge is 0.338 e. The van der Waals surface area contributed by atoms with E-state index in [1.165, 1.54) is 0 Å². The van der Waals surface area contributed by atoms with Crippen LogP contribution in [0, 0.1) is 0 Å². The van der Waals surface area contributed by atoms with E-state index < -0.39 is 0 Å². The summed E-state index contributed by atoms with van der Waals surface area (Å²) in [6.45, 7) is 3.26. The molecule has 0 atom stereocenters. The fraction of sp³-hybridized carbons (Fsp3) is 0.294. The van der Waals surface area contributed by atoms with E-state index in [4.69, 9.17) is 0 Å². The highest BCUT2D eigenvalue weighted by Gasteiger charge is 2.15. The lowest BCUT2D eigenvalue weighted by Gasteiger charge is -2.16. The minimum atomic E-state index is 0.0190. The van der Waals surface area contributed by atoms with Gasteiger partial charge in [-0.25, -0.2) is 4.98 Å². The fourth-order valence-corrected chi connectivity index (χ4v) is 3.18. The molecule has 0 saturated carbocycles. The molecule has 0 aliphatic carbocycles. The maximum Gasteiger partial charge on any atom is 0.228 e. The first-order chi connectivity index (χ1) is 11.7. The summed E-state index contributed by atoms with van der Waals surface area (Å²) < 4.78 is 1.93. The number of nitrogens with zero attached hydrogens (tertiary/aromatic N) is 5. The molecule has 0 saturated heterocycles. The molecule has 0 unspecified atom stereocenters. The zero-order chi connectivity index (χ0) is 16.9. The van der Waals surface area contributed by atoms with Crippen molar-refractivity contribution in [2.75, 3.05) is 7.05 Å². The van der Waals surface area contributed by atoms with Gasteiger partial charge in [0.05, 0.1) is 18.7 Å². The van der Waals surface area contributed by atoms with E-state index in [1.807, 2.05) is 47.2 Å². The lowest BCUT2D eigenvalue weighted by molar-refractivity contribution is -0.129. The molecule has 0 radical (unpaired) electrons. The molecular weight excluding hydrogens is 322 g/mol. The van der Waals surface area contributed by atoms with Crippen LogP contribution in [-0.2, 0) is 24.3 Å². The molecular formula is C17H19N5OS. The predicted molar refractivity (Wildman–Crippen MR) is 93.4 cm³/mol. The second-order valence-corrected chi connectivity index (χ2v) is 6.33. The monoisotopic (exact) mass is 341 g/mol. The summed E-state index contributed by atoms with van der Waals surface area (Å²) in [6, 6.07) is 9.99. The second kappa shape index (κ2) is 7.35. The Kier molecular flexibility index (Phi) is 5.00. The van der Waals surface area contributed by atoms with Gasteiger partial charge in [0.15, 0.2) is 5.82 Å². The molecule has 1 aromatic carbocycles. The third-order valence-electron chi connectivity index (χ3n) is 3.75. The number of hydrogen-bond acceptors (Lipinski definition) is 5. The van der Waals surface area contributed by atoms with Crippen LogP contribution in [0.2, 0.25) is 0 Å². The van der Waals surface area contributed by atoms with E-state index in [-0.39, 0.29) is 5.91 Å². The van der Waals surface area contributed by atoms with Crippen LogP contribution in [0.5, 0.6) is 0 Å². The summed E-state index contributed by atoms with van der Waals surface area (Å²) in [4.78, 5) is 18.7. The molecule has 0 aliphatic rings. The number of aryl methyl sites for hydroxylation is 1. The average molecular weight is 341 g/mol. The van der Waals surface area contributed by atoms with Crippen molar-refractivity contribution >= 4 is 17.2 Å². The Morgan fingerprint density at radius 1 is 1.29 bits per heavy atom. The normalized spacial score (nSPS) is 10.8. The molecule has 0 N–H and O–H groups in total. The molecule has 0 spiro atoms. The highest BCUT2D eigenvalue weighted by molar-refractivity contribution is 7.13. The van der Waals surface area contributed by atoms with Crippen LogP contribution in [-0.4, -0.2) is 37.6 Å². The predicted octanol–water partition coefficient (Wildman–Crippen LogP) is 2.62. The molecule has 2 heterocycles. The van der Waals surface area contributed by atoms with Gasteiger partial charge in [-0.3, -0.25) is 4.79 Å². The SMILES string of the molecule is CCn1cnnc1CN(C)C(=O)Cc1csc(-c2ccccc2)n1. The topological polar surface area (TPSA) is 63.9 Å². The molecule has 3 aromatic rings. The van der Waals surface area contributed by atoms with Gasteiger partial charge in [0.1, 0.15) is 11.3 Å². The molecule has 1 amide bonds. The van der Waals surface area contributed by atoms with Crippen LogP contribution in [0.3, 0.4) is 0 Å². The van der Waals surface area contributed by atoms with Crippen molar-refractivity contribution in [1.29, 1.82) is 0 Å². The first-order valence-electron chi connectivity index (χ1n) is 7.78. The molecule has 3 rings (SSSR count). The van der Waals surface area contributed by atoms with Crippen LogP contribution in [0.4, 0.5) is 0 Å². The van der Waals surface area contributed by atoms with E-state index in [1.54, 1.807) is 29.6 Å². The van der Waals surface area contributed by atoms with Gasteiger partial charge >= 0.3 is 0 Å². The zero-order valence-electron chi connectivity index (χ0n) is 13.7. The Balaban J connectivity index is 1.63. The first kappa shape index (κ1) is 16.3. The number of rotatable bonds is 6. The lowest BCUT2D eigenvalue weighted by atomic mass is 10.2. The fourth-order valence-electron chi connectivity index (χ4n) is 2.36. The van der Waals surface area contributed by atoms with Crippen LogP contribution < -0.4 is 0 Å². The average Bonchev–Trinajstić information content (AvgIpc) is 3.24. The molecule has 0 fully saturated rings. The van der Waals surface area contributed by atoms with Gasteiger partial charge in [-0.15, -0.1) is 21.5 Å². The van der Waals surface area contributed by atoms with Crippen LogP contribution in [0.1, 0.15) is 18.4 Å². The quantitative estimate of drug-likeness (QED) is 0.691. The van der Waals surface area contributed by atoms with Crippen molar-refractivity contribution in [2.24, 2.45) is 0 Å². The number of hydrogen-bond donors (Lipinski definition) is 0. The Labute approximate surface area is 144 Å². The third kappa shape index (κ3) is 3.68. The Bertz CT molecular complexity index is 811. The van der Waals surface area contributed by atoms with E-state index in [0.29, 0.717) is 13.0 Å². The van der Waals surface area contributed by atoms with Crippen LogP contribution in [0.15, 0.2) is 42.0 Å². The Morgan fingerprint density at radius 3 is 2.83 bits per heavy atom. The van der Waals surface area contributed by atoms with Crippen molar-refractivity contribution in [3.63, 3.8) is 0 Å². The van der Waals surface area contributed by atoms with E-state index in [9.17, 15) is 4.79 Å². The van der Waals surface area contributed by atoms with E-state index in [0.717, 1.165) is 28.6 Å². The number of amides is 1. The Hall–Kier alpha value is -2.54. The second-order valence-electron chi connectivity index (χ2n) is 5.47. The van der Waals surface area contributed by atoms with Gasteiger partial charge in [-0.1, -0.05) is 30.3 Å². The van der Waals surface area contributed by atoms with Gasteiger partial charge in [0, 0.05) is 24.5 Å².